The summed E-state index contributed by atoms with van der Waals surface area (Å²) in [6.07, 6.45) is 0. The van der Waals surface area contributed by atoms with Crippen molar-refractivity contribution in [2.45, 2.75) is 31.7 Å². The molecule has 1 heterocycles. The second-order valence-corrected chi connectivity index (χ2v) is 8.58. The molecule has 0 aliphatic heterocycles. The first-order chi connectivity index (χ1) is 10.7. The van der Waals surface area contributed by atoms with Crippen LogP contribution in [0.5, 0.6) is 0 Å². The molecule has 0 aliphatic rings. The third-order valence-electron chi connectivity index (χ3n) is 3.91. The molecule has 1 aromatic heterocycles. The zero-order valence-electron chi connectivity index (χ0n) is 13.2. The molecule has 3 rings (SSSR count). The average molecular weight is 335 g/mol. The Morgan fingerprint density at radius 1 is 0.826 bits per heavy atom. The molecule has 0 saturated carbocycles. The van der Waals surface area contributed by atoms with Gasteiger partial charge in [0.25, 0.3) is 0 Å². The Bertz CT molecular complexity index is 834. The monoisotopic (exact) mass is 335 g/mol. The number of rotatable bonds is 1. The van der Waals surface area contributed by atoms with Crippen LogP contribution in [0.25, 0.3) is 20.5 Å². The lowest BCUT2D eigenvalue weighted by atomic mass is 9.86. The maximum absolute atomic E-state index is 13.6. The number of hydrogen-bond acceptors (Lipinski definition) is 0. The quantitative estimate of drug-likeness (QED) is 0.419. The van der Waals surface area contributed by atoms with Crippen molar-refractivity contribution in [1.29, 1.82) is 0 Å². The number of thiophene rings is 1. The summed E-state index contributed by atoms with van der Waals surface area (Å²) in [5, 5.41) is 0.669. The molecular weight excluding hydrogens is 317 g/mol. The van der Waals surface area contributed by atoms with Gasteiger partial charge in [-0.1, -0.05) is 45.0 Å². The van der Waals surface area contributed by atoms with E-state index in [0.29, 0.717) is 20.5 Å². The van der Waals surface area contributed by atoms with Crippen molar-refractivity contribution in [1.82, 2.24) is 0 Å². The fourth-order valence-corrected chi connectivity index (χ4v) is 4.62. The molecule has 0 aliphatic carbocycles. The fraction of sp³-hybridized carbons (Fsp3) is 0.263. The van der Waals surface area contributed by atoms with E-state index in [2.05, 4.69) is 20.8 Å². The largest absolute Gasteiger partial charge is 0.601 e. The molecule has 0 radical (unpaired) electrons. The Balaban J connectivity index is 2.20. The van der Waals surface area contributed by atoms with Crippen LogP contribution in [-0.2, 0) is 10.9 Å². The highest BCUT2D eigenvalue weighted by atomic mass is 32.2. The van der Waals surface area contributed by atoms with Crippen LogP contribution in [0.2, 0.25) is 0 Å². The van der Waals surface area contributed by atoms with Gasteiger partial charge in [0.05, 0.1) is 0 Å². The summed E-state index contributed by atoms with van der Waals surface area (Å²) < 4.78 is 41.2. The Morgan fingerprint density at radius 3 is 2.00 bits per heavy atom. The standard InChI is InChI=1S/C19H18F3S/c1-18(2,3)15-10-8-13(9-11-15)17-12-14-6-4-5-7-16(14)23(17)19(20,21)22/h4-12H,1-3H3/q+1. The van der Waals surface area contributed by atoms with Gasteiger partial charge in [-0.05, 0) is 35.2 Å². The molecule has 0 spiro atoms. The smallest absolute Gasteiger partial charge is 0.118 e. The first-order valence-electron chi connectivity index (χ1n) is 7.41. The maximum atomic E-state index is 13.6. The Kier molecular flexibility index (Phi) is 3.75. The molecule has 2 aromatic carbocycles. The lowest BCUT2D eigenvalue weighted by molar-refractivity contribution is -0.0864. The molecule has 4 heteroatoms. The van der Waals surface area contributed by atoms with E-state index in [-0.39, 0.29) is 5.41 Å². The van der Waals surface area contributed by atoms with E-state index in [9.17, 15) is 13.2 Å². The van der Waals surface area contributed by atoms with Crippen molar-refractivity contribution in [3.05, 3.63) is 60.2 Å². The minimum Gasteiger partial charge on any atom is -0.118 e. The first-order valence-corrected chi connectivity index (χ1v) is 8.63. The molecule has 0 N–H and O–H groups in total. The van der Waals surface area contributed by atoms with Gasteiger partial charge < -0.3 is 0 Å². The van der Waals surface area contributed by atoms with E-state index < -0.39 is 16.0 Å². The van der Waals surface area contributed by atoms with Crippen LogP contribution in [-0.4, -0.2) is 0 Å². The predicted octanol–water partition coefficient (Wildman–Crippen LogP) is 7.03. The van der Waals surface area contributed by atoms with Gasteiger partial charge in [-0.15, -0.1) is 13.2 Å². The summed E-state index contributed by atoms with van der Waals surface area (Å²) >= 11 is 0. The molecular formula is C19H18F3S+. The molecule has 1 atom stereocenters. The lowest BCUT2D eigenvalue weighted by Gasteiger charge is -2.18. The van der Waals surface area contributed by atoms with Crippen LogP contribution >= 0.6 is 10.5 Å². The summed E-state index contributed by atoms with van der Waals surface area (Å²) in [7, 11) is -1.87. The van der Waals surface area contributed by atoms with Gasteiger partial charge in [-0.2, -0.15) is 0 Å². The van der Waals surface area contributed by atoms with Crippen molar-refractivity contribution in [3.63, 3.8) is 0 Å². The van der Waals surface area contributed by atoms with Crippen molar-refractivity contribution < 1.29 is 13.2 Å². The summed E-state index contributed by atoms with van der Waals surface area (Å²) in [4.78, 5) is 0.360. The average Bonchev–Trinajstić information content (AvgIpc) is 2.86. The van der Waals surface area contributed by atoms with E-state index in [1.54, 1.807) is 30.3 Å². The number of halogens is 3. The van der Waals surface area contributed by atoms with Crippen molar-refractivity contribution in [2.24, 2.45) is 0 Å². The van der Waals surface area contributed by atoms with Crippen molar-refractivity contribution in [2.75, 3.05) is 0 Å². The molecule has 1 unspecified atom stereocenters. The highest BCUT2D eigenvalue weighted by Crippen LogP contribution is 2.54. The zero-order chi connectivity index (χ0) is 16.8. The number of fused-ring (bicyclic) bond motifs is 1. The third kappa shape index (κ3) is 3.00. The van der Waals surface area contributed by atoms with Crippen LogP contribution in [0.4, 0.5) is 13.2 Å². The lowest BCUT2D eigenvalue weighted by Crippen LogP contribution is -2.10. The van der Waals surface area contributed by atoms with Crippen molar-refractivity contribution >= 4 is 20.6 Å². The van der Waals surface area contributed by atoms with Crippen LogP contribution < -0.4 is 0 Å². The maximum Gasteiger partial charge on any atom is 0.601 e. The summed E-state index contributed by atoms with van der Waals surface area (Å²) in [5.74, 6) is 0. The van der Waals surface area contributed by atoms with E-state index in [1.165, 1.54) is 0 Å². The van der Waals surface area contributed by atoms with Crippen LogP contribution in [0.3, 0.4) is 0 Å². The molecule has 23 heavy (non-hydrogen) atoms. The summed E-state index contributed by atoms with van der Waals surface area (Å²) in [5.41, 5.74) is -2.52. The molecule has 0 amide bonds. The molecule has 0 fully saturated rings. The molecule has 0 bridgehead atoms. The van der Waals surface area contributed by atoms with Crippen LogP contribution in [0, 0.1) is 0 Å². The molecule has 0 saturated heterocycles. The van der Waals surface area contributed by atoms with Gasteiger partial charge >= 0.3 is 5.51 Å². The normalized spacial score (nSPS) is 13.6. The van der Waals surface area contributed by atoms with Crippen LogP contribution in [0.15, 0.2) is 54.6 Å². The van der Waals surface area contributed by atoms with Crippen LogP contribution in [0.1, 0.15) is 26.3 Å². The minimum absolute atomic E-state index is 0.0166. The number of alkyl halides is 3. The van der Waals surface area contributed by atoms with E-state index in [1.807, 2.05) is 24.3 Å². The number of benzene rings is 2. The number of hydrogen-bond donors (Lipinski definition) is 0. The van der Waals surface area contributed by atoms with Gasteiger partial charge in [0.2, 0.25) is 0 Å². The van der Waals surface area contributed by atoms with Gasteiger partial charge in [0.1, 0.15) is 10.5 Å². The van der Waals surface area contributed by atoms with E-state index >= 15 is 0 Å². The van der Waals surface area contributed by atoms with Gasteiger partial charge in [0.15, 0.2) is 9.58 Å². The Morgan fingerprint density at radius 2 is 1.43 bits per heavy atom. The first kappa shape index (κ1) is 16.1. The Hall–Kier alpha value is -1.81. The summed E-state index contributed by atoms with van der Waals surface area (Å²) in [6.45, 7) is 6.27. The van der Waals surface area contributed by atoms with E-state index in [0.717, 1.165) is 5.56 Å². The SMILES string of the molecule is CC(C)(C)c1ccc(-c2cc3ccccc3[s+]2C(F)(F)F)cc1. The molecule has 3 aromatic rings. The fourth-order valence-electron chi connectivity index (χ4n) is 2.69. The minimum atomic E-state index is -4.26. The second-order valence-electron chi connectivity index (χ2n) is 6.63. The van der Waals surface area contributed by atoms with Gasteiger partial charge in [-0.25, -0.2) is 0 Å². The second kappa shape index (κ2) is 5.38. The third-order valence-corrected chi connectivity index (χ3v) is 5.98. The molecule has 120 valence electrons. The van der Waals surface area contributed by atoms with E-state index in [4.69, 9.17) is 0 Å². The summed E-state index contributed by atoms with van der Waals surface area (Å²) in [6, 6.07) is 15.9. The topological polar surface area (TPSA) is 0 Å². The Labute approximate surface area is 136 Å². The van der Waals surface area contributed by atoms with Gasteiger partial charge in [0, 0.05) is 17.0 Å². The highest BCUT2D eigenvalue weighted by Gasteiger charge is 2.48. The predicted molar refractivity (Wildman–Crippen MR) is 91.9 cm³/mol. The van der Waals surface area contributed by atoms with Crippen molar-refractivity contribution in [3.8, 4) is 10.4 Å². The molecule has 0 nitrogen and oxygen atoms in total. The zero-order valence-corrected chi connectivity index (χ0v) is 14.1. The highest BCUT2D eigenvalue weighted by molar-refractivity contribution is 7.41. The van der Waals surface area contributed by atoms with Gasteiger partial charge in [-0.3, -0.25) is 0 Å².